The highest BCUT2D eigenvalue weighted by Crippen LogP contribution is 2.31. The fourth-order valence-electron chi connectivity index (χ4n) is 2.58. The van der Waals surface area contributed by atoms with Crippen LogP contribution in [0, 0.1) is 0 Å². The number of fused-ring (bicyclic) bond motifs is 1. The van der Waals surface area contributed by atoms with Crippen LogP contribution in [0.5, 0.6) is 0 Å². The summed E-state index contributed by atoms with van der Waals surface area (Å²) in [6.45, 7) is 2.96. The molecule has 0 radical (unpaired) electrons. The molecule has 1 aliphatic heterocycles. The molecule has 0 aliphatic carbocycles. The molecule has 0 saturated carbocycles. The highest BCUT2D eigenvalue weighted by molar-refractivity contribution is 7.91. The van der Waals surface area contributed by atoms with Crippen molar-refractivity contribution in [3.05, 3.63) is 29.3 Å². The Morgan fingerprint density at radius 1 is 1.36 bits per heavy atom. The Morgan fingerprint density at radius 2 is 2.14 bits per heavy atom. The maximum Gasteiger partial charge on any atom is 0.250 e. The molecule has 4 nitrogen and oxygen atoms in total. The van der Waals surface area contributed by atoms with E-state index in [0.717, 1.165) is 29.5 Å². The van der Waals surface area contributed by atoms with Gasteiger partial charge in [-0.05, 0) is 56.0 Å². The second-order valence-corrected chi connectivity index (χ2v) is 8.82. The van der Waals surface area contributed by atoms with E-state index in [1.54, 1.807) is 18.2 Å². The minimum absolute atomic E-state index is 0. The monoisotopic (exact) mass is 380 g/mol. The van der Waals surface area contributed by atoms with Crippen LogP contribution in [0.15, 0.2) is 28.5 Å². The van der Waals surface area contributed by atoms with Gasteiger partial charge in [-0.2, -0.15) is 0 Å². The van der Waals surface area contributed by atoms with Crippen molar-refractivity contribution in [3.63, 3.8) is 0 Å². The Bertz CT molecular complexity index is 761. The highest BCUT2D eigenvalue weighted by atomic mass is 35.5. The molecule has 1 aromatic heterocycles. The van der Waals surface area contributed by atoms with Crippen molar-refractivity contribution < 1.29 is 8.42 Å². The Labute approximate surface area is 145 Å². The maximum atomic E-state index is 12.5. The summed E-state index contributed by atoms with van der Waals surface area (Å²) in [5, 5.41) is 4.78. The fourth-order valence-corrected chi connectivity index (χ4v) is 5.51. The lowest BCUT2D eigenvalue weighted by molar-refractivity contribution is 0.349. The SMILES string of the molecule is CC1NCCCC1NS(=O)(=O)c1cc2cc(Cl)ccc2s1.Cl. The quantitative estimate of drug-likeness (QED) is 0.857. The minimum Gasteiger partial charge on any atom is -0.313 e. The van der Waals surface area contributed by atoms with E-state index in [2.05, 4.69) is 10.0 Å². The molecule has 0 amide bonds. The lowest BCUT2D eigenvalue weighted by Crippen LogP contribution is -2.51. The number of nitrogens with one attached hydrogen (secondary N) is 2. The first-order valence-electron chi connectivity index (χ1n) is 6.90. The molecule has 2 unspecified atom stereocenters. The molecule has 22 heavy (non-hydrogen) atoms. The molecule has 2 aromatic rings. The highest BCUT2D eigenvalue weighted by Gasteiger charge is 2.27. The molecule has 1 aliphatic rings. The smallest absolute Gasteiger partial charge is 0.250 e. The molecule has 1 saturated heterocycles. The summed E-state index contributed by atoms with van der Waals surface area (Å²) in [7, 11) is -3.48. The number of rotatable bonds is 3. The lowest BCUT2D eigenvalue weighted by Gasteiger charge is -2.30. The molecule has 122 valence electrons. The average molecular weight is 381 g/mol. The van der Waals surface area contributed by atoms with Crippen molar-refractivity contribution in [2.24, 2.45) is 0 Å². The second kappa shape index (κ2) is 7.03. The van der Waals surface area contributed by atoms with Gasteiger partial charge in [-0.1, -0.05) is 11.6 Å². The predicted molar refractivity (Wildman–Crippen MR) is 94.9 cm³/mol. The van der Waals surface area contributed by atoms with E-state index in [0.29, 0.717) is 9.23 Å². The van der Waals surface area contributed by atoms with Crippen LogP contribution in [0.4, 0.5) is 0 Å². The van der Waals surface area contributed by atoms with Gasteiger partial charge in [-0.3, -0.25) is 0 Å². The summed E-state index contributed by atoms with van der Waals surface area (Å²) in [6, 6.07) is 7.20. The zero-order chi connectivity index (χ0) is 15.0. The van der Waals surface area contributed by atoms with E-state index in [4.69, 9.17) is 11.6 Å². The van der Waals surface area contributed by atoms with Crippen LogP contribution < -0.4 is 10.0 Å². The van der Waals surface area contributed by atoms with E-state index in [1.165, 1.54) is 11.3 Å². The molecule has 1 fully saturated rings. The van der Waals surface area contributed by atoms with E-state index in [9.17, 15) is 8.42 Å². The van der Waals surface area contributed by atoms with E-state index in [-0.39, 0.29) is 24.5 Å². The largest absolute Gasteiger partial charge is 0.313 e. The third-order valence-electron chi connectivity index (χ3n) is 3.79. The van der Waals surface area contributed by atoms with Crippen molar-refractivity contribution in [1.29, 1.82) is 0 Å². The van der Waals surface area contributed by atoms with Gasteiger partial charge in [0.15, 0.2) is 0 Å². The van der Waals surface area contributed by atoms with Gasteiger partial charge in [0.2, 0.25) is 10.0 Å². The van der Waals surface area contributed by atoms with E-state index >= 15 is 0 Å². The van der Waals surface area contributed by atoms with Gasteiger partial charge >= 0.3 is 0 Å². The number of benzene rings is 1. The van der Waals surface area contributed by atoms with Gasteiger partial charge in [0.1, 0.15) is 4.21 Å². The van der Waals surface area contributed by atoms with Crippen LogP contribution in [0.25, 0.3) is 10.1 Å². The molecule has 2 atom stereocenters. The van der Waals surface area contributed by atoms with Gasteiger partial charge in [-0.15, -0.1) is 23.7 Å². The first-order chi connectivity index (χ1) is 9.95. The van der Waals surface area contributed by atoms with Gasteiger partial charge in [0.05, 0.1) is 0 Å². The van der Waals surface area contributed by atoms with Crippen LogP contribution in [-0.4, -0.2) is 27.0 Å². The number of halogens is 2. The summed E-state index contributed by atoms with van der Waals surface area (Å²) in [5.41, 5.74) is 0. The van der Waals surface area contributed by atoms with Crippen molar-refractivity contribution in [2.75, 3.05) is 6.54 Å². The zero-order valence-corrected chi connectivity index (χ0v) is 15.2. The van der Waals surface area contributed by atoms with Crippen molar-refractivity contribution >= 4 is 55.5 Å². The Balaban J connectivity index is 0.00000176. The third kappa shape index (κ3) is 3.75. The third-order valence-corrected chi connectivity index (χ3v) is 7.10. The van der Waals surface area contributed by atoms with Gasteiger partial charge in [0.25, 0.3) is 0 Å². The number of piperidine rings is 1. The number of thiophene rings is 1. The Hall–Kier alpha value is -0.370. The first kappa shape index (κ1) is 18.0. The molecular formula is C14H18Cl2N2O2S2. The second-order valence-electron chi connectivity index (χ2n) is 5.36. The molecule has 0 bridgehead atoms. The van der Waals surface area contributed by atoms with Crippen molar-refractivity contribution in [1.82, 2.24) is 10.0 Å². The maximum absolute atomic E-state index is 12.5. The van der Waals surface area contributed by atoms with E-state index in [1.807, 2.05) is 13.0 Å². The Morgan fingerprint density at radius 3 is 2.86 bits per heavy atom. The normalized spacial score (nSPS) is 22.5. The molecule has 0 spiro atoms. The number of sulfonamides is 1. The summed E-state index contributed by atoms with van der Waals surface area (Å²) in [4.78, 5) is 0. The van der Waals surface area contributed by atoms with Gasteiger partial charge in [0, 0.05) is 21.8 Å². The van der Waals surface area contributed by atoms with Crippen LogP contribution >= 0.6 is 35.3 Å². The van der Waals surface area contributed by atoms with Crippen LogP contribution in [0.3, 0.4) is 0 Å². The molecule has 8 heteroatoms. The number of hydrogen-bond donors (Lipinski definition) is 2. The minimum atomic E-state index is -3.48. The summed E-state index contributed by atoms with van der Waals surface area (Å²) in [6.07, 6.45) is 1.85. The molecule has 2 heterocycles. The summed E-state index contributed by atoms with van der Waals surface area (Å²) < 4.78 is 29.2. The molecule has 1 aromatic carbocycles. The fraction of sp³-hybridized carbons (Fsp3) is 0.429. The molecule has 3 rings (SSSR count). The summed E-state index contributed by atoms with van der Waals surface area (Å²) >= 11 is 7.22. The molecule has 2 N–H and O–H groups in total. The summed E-state index contributed by atoms with van der Waals surface area (Å²) in [5.74, 6) is 0. The van der Waals surface area contributed by atoms with E-state index < -0.39 is 10.0 Å². The topological polar surface area (TPSA) is 58.2 Å². The van der Waals surface area contributed by atoms with Crippen LogP contribution in [0.2, 0.25) is 5.02 Å². The van der Waals surface area contributed by atoms with Gasteiger partial charge < -0.3 is 5.32 Å². The van der Waals surface area contributed by atoms with Crippen molar-refractivity contribution in [2.45, 2.75) is 36.1 Å². The lowest BCUT2D eigenvalue weighted by atomic mass is 10.0. The van der Waals surface area contributed by atoms with Gasteiger partial charge in [-0.25, -0.2) is 13.1 Å². The molecular weight excluding hydrogens is 363 g/mol. The van der Waals surface area contributed by atoms with Crippen LogP contribution in [0.1, 0.15) is 19.8 Å². The first-order valence-corrected chi connectivity index (χ1v) is 9.58. The standard InChI is InChI=1S/C14H17ClN2O2S2.ClH/c1-9-12(3-2-6-16-9)17-21(18,19)14-8-10-7-11(15)4-5-13(10)20-14;/h4-5,7-9,12,16-17H,2-3,6H2,1H3;1H. The average Bonchev–Trinajstić information content (AvgIpc) is 2.85. The zero-order valence-electron chi connectivity index (χ0n) is 12.0. The van der Waals surface area contributed by atoms with Crippen molar-refractivity contribution in [3.8, 4) is 0 Å². The number of hydrogen-bond acceptors (Lipinski definition) is 4. The Kier molecular flexibility index (Phi) is 5.74. The van der Waals surface area contributed by atoms with Crippen LogP contribution in [-0.2, 0) is 10.0 Å². The predicted octanol–water partition coefficient (Wildman–Crippen LogP) is 3.40.